The summed E-state index contributed by atoms with van der Waals surface area (Å²) >= 11 is 0. The SMILES string of the molecule is Cc1c(OCC(=O)N(c2ccccc2)C(C)C)cccc1[N+](=O)[O-]. The molecule has 0 saturated heterocycles. The Kier molecular flexibility index (Phi) is 5.52. The summed E-state index contributed by atoms with van der Waals surface area (Å²) in [4.78, 5) is 24.7. The molecule has 0 unspecified atom stereocenters. The van der Waals surface area contributed by atoms with Crippen molar-refractivity contribution in [1.82, 2.24) is 0 Å². The van der Waals surface area contributed by atoms with Crippen LogP contribution in [0.1, 0.15) is 19.4 Å². The second-order valence-electron chi connectivity index (χ2n) is 5.64. The zero-order valence-corrected chi connectivity index (χ0v) is 13.9. The van der Waals surface area contributed by atoms with Gasteiger partial charge in [0.05, 0.1) is 10.5 Å². The number of ether oxygens (including phenoxy) is 1. The van der Waals surface area contributed by atoms with Gasteiger partial charge in [-0.25, -0.2) is 0 Å². The first-order valence-electron chi connectivity index (χ1n) is 7.65. The van der Waals surface area contributed by atoms with Gasteiger partial charge >= 0.3 is 0 Å². The third kappa shape index (κ3) is 3.90. The fourth-order valence-corrected chi connectivity index (χ4v) is 2.48. The molecule has 0 aliphatic carbocycles. The van der Waals surface area contributed by atoms with Crippen molar-refractivity contribution < 1.29 is 14.5 Å². The highest BCUT2D eigenvalue weighted by molar-refractivity contribution is 5.94. The Labute approximate surface area is 140 Å². The van der Waals surface area contributed by atoms with E-state index in [9.17, 15) is 14.9 Å². The van der Waals surface area contributed by atoms with Crippen molar-refractivity contribution in [2.75, 3.05) is 11.5 Å². The molecule has 24 heavy (non-hydrogen) atoms. The number of para-hydroxylation sites is 1. The van der Waals surface area contributed by atoms with Gasteiger partial charge < -0.3 is 9.64 Å². The van der Waals surface area contributed by atoms with E-state index >= 15 is 0 Å². The van der Waals surface area contributed by atoms with Crippen LogP contribution in [0.25, 0.3) is 0 Å². The summed E-state index contributed by atoms with van der Waals surface area (Å²) in [6.07, 6.45) is 0. The molecule has 0 spiro atoms. The van der Waals surface area contributed by atoms with E-state index in [-0.39, 0.29) is 24.2 Å². The fourth-order valence-electron chi connectivity index (χ4n) is 2.48. The predicted molar refractivity (Wildman–Crippen MR) is 92.4 cm³/mol. The van der Waals surface area contributed by atoms with Gasteiger partial charge in [0.25, 0.3) is 11.6 Å². The Bertz CT molecular complexity index is 729. The fraction of sp³-hybridized carbons (Fsp3) is 0.278. The highest BCUT2D eigenvalue weighted by Crippen LogP contribution is 2.27. The summed E-state index contributed by atoms with van der Waals surface area (Å²) < 4.78 is 5.55. The summed E-state index contributed by atoms with van der Waals surface area (Å²) in [6.45, 7) is 5.26. The second-order valence-corrected chi connectivity index (χ2v) is 5.64. The normalized spacial score (nSPS) is 10.5. The van der Waals surface area contributed by atoms with Crippen LogP contribution in [0, 0.1) is 17.0 Å². The molecule has 1 amide bonds. The zero-order chi connectivity index (χ0) is 17.7. The van der Waals surface area contributed by atoms with Crippen molar-refractivity contribution in [3.05, 3.63) is 64.2 Å². The lowest BCUT2D eigenvalue weighted by molar-refractivity contribution is -0.385. The van der Waals surface area contributed by atoms with Crippen LogP contribution in [-0.4, -0.2) is 23.5 Å². The molecule has 6 heteroatoms. The van der Waals surface area contributed by atoms with Crippen LogP contribution in [0.2, 0.25) is 0 Å². The number of hydrogen-bond acceptors (Lipinski definition) is 4. The summed E-state index contributed by atoms with van der Waals surface area (Å²) in [7, 11) is 0. The molecular weight excluding hydrogens is 308 g/mol. The van der Waals surface area contributed by atoms with Gasteiger partial charge in [-0.2, -0.15) is 0 Å². The molecule has 0 bridgehead atoms. The molecule has 6 nitrogen and oxygen atoms in total. The van der Waals surface area contributed by atoms with Gasteiger partial charge in [0.1, 0.15) is 5.75 Å². The van der Waals surface area contributed by atoms with Gasteiger partial charge in [-0.15, -0.1) is 0 Å². The Morgan fingerprint density at radius 3 is 2.42 bits per heavy atom. The zero-order valence-electron chi connectivity index (χ0n) is 13.9. The molecule has 0 atom stereocenters. The van der Waals surface area contributed by atoms with Gasteiger partial charge in [0, 0.05) is 17.8 Å². The molecule has 0 aliphatic rings. The van der Waals surface area contributed by atoms with Crippen molar-refractivity contribution in [3.8, 4) is 5.75 Å². The Morgan fingerprint density at radius 1 is 1.17 bits per heavy atom. The van der Waals surface area contributed by atoms with E-state index in [4.69, 9.17) is 4.74 Å². The number of amides is 1. The maximum Gasteiger partial charge on any atom is 0.276 e. The van der Waals surface area contributed by atoms with Crippen LogP contribution in [0.5, 0.6) is 5.75 Å². The monoisotopic (exact) mass is 328 g/mol. The minimum absolute atomic E-state index is 0.0243. The van der Waals surface area contributed by atoms with E-state index in [1.54, 1.807) is 24.0 Å². The maximum absolute atomic E-state index is 12.6. The number of carbonyl (C=O) groups excluding carboxylic acids is 1. The lowest BCUT2D eigenvalue weighted by Crippen LogP contribution is -2.40. The van der Waals surface area contributed by atoms with Gasteiger partial charge in [-0.05, 0) is 39.0 Å². The number of hydrogen-bond donors (Lipinski definition) is 0. The van der Waals surface area contributed by atoms with E-state index in [1.165, 1.54) is 6.07 Å². The molecule has 0 fully saturated rings. The molecule has 0 saturated carbocycles. The van der Waals surface area contributed by atoms with E-state index in [1.807, 2.05) is 44.2 Å². The third-order valence-electron chi connectivity index (χ3n) is 3.62. The largest absolute Gasteiger partial charge is 0.483 e. The van der Waals surface area contributed by atoms with Crippen LogP contribution in [-0.2, 0) is 4.79 Å². The first-order chi connectivity index (χ1) is 11.4. The number of carbonyl (C=O) groups is 1. The number of nitro benzene ring substituents is 1. The van der Waals surface area contributed by atoms with Crippen molar-refractivity contribution in [3.63, 3.8) is 0 Å². The molecule has 2 aromatic carbocycles. The van der Waals surface area contributed by atoms with Gasteiger partial charge in [-0.3, -0.25) is 14.9 Å². The van der Waals surface area contributed by atoms with Gasteiger partial charge in [-0.1, -0.05) is 24.3 Å². The number of nitrogens with zero attached hydrogens (tertiary/aromatic N) is 2. The topological polar surface area (TPSA) is 72.7 Å². The highest BCUT2D eigenvalue weighted by atomic mass is 16.6. The lowest BCUT2D eigenvalue weighted by Gasteiger charge is -2.27. The molecule has 0 N–H and O–H groups in total. The second kappa shape index (κ2) is 7.59. The number of rotatable bonds is 6. The van der Waals surface area contributed by atoms with Crippen molar-refractivity contribution in [1.29, 1.82) is 0 Å². The van der Waals surface area contributed by atoms with Gasteiger partial charge in [0.15, 0.2) is 6.61 Å². The van der Waals surface area contributed by atoms with Crippen molar-refractivity contribution in [2.24, 2.45) is 0 Å². The Hall–Kier alpha value is -2.89. The van der Waals surface area contributed by atoms with Crippen LogP contribution < -0.4 is 9.64 Å². The molecule has 0 aliphatic heterocycles. The molecule has 2 rings (SSSR count). The van der Waals surface area contributed by atoms with Crippen LogP contribution >= 0.6 is 0 Å². The van der Waals surface area contributed by atoms with Crippen LogP contribution in [0.4, 0.5) is 11.4 Å². The standard InChI is InChI=1S/C18H20N2O4/c1-13(2)19(15-8-5-4-6-9-15)18(21)12-24-17-11-7-10-16(14(17)3)20(22)23/h4-11,13H,12H2,1-3H3. The minimum atomic E-state index is -0.464. The minimum Gasteiger partial charge on any atom is -0.483 e. The summed E-state index contributed by atoms with van der Waals surface area (Å²) in [5.74, 6) is 0.136. The molecule has 0 heterocycles. The molecule has 0 radical (unpaired) electrons. The van der Waals surface area contributed by atoms with E-state index in [0.29, 0.717) is 11.3 Å². The van der Waals surface area contributed by atoms with Crippen molar-refractivity contribution in [2.45, 2.75) is 26.8 Å². The number of nitro groups is 1. The van der Waals surface area contributed by atoms with E-state index in [2.05, 4.69) is 0 Å². The molecule has 126 valence electrons. The Morgan fingerprint density at radius 2 is 1.83 bits per heavy atom. The lowest BCUT2D eigenvalue weighted by atomic mass is 10.2. The molecular formula is C18H20N2O4. The van der Waals surface area contributed by atoms with Gasteiger partial charge in [0.2, 0.25) is 0 Å². The van der Waals surface area contributed by atoms with E-state index in [0.717, 1.165) is 5.69 Å². The number of anilines is 1. The average molecular weight is 328 g/mol. The average Bonchev–Trinajstić information content (AvgIpc) is 2.54. The summed E-state index contributed by atoms with van der Waals surface area (Å²) in [5, 5.41) is 11.0. The summed E-state index contributed by atoms with van der Waals surface area (Å²) in [6, 6.07) is 13.9. The molecule has 0 aromatic heterocycles. The third-order valence-corrected chi connectivity index (χ3v) is 3.62. The predicted octanol–water partition coefficient (Wildman–Crippen LogP) is 3.72. The first-order valence-corrected chi connectivity index (χ1v) is 7.65. The summed E-state index contributed by atoms with van der Waals surface area (Å²) in [5.41, 5.74) is 1.17. The first kappa shape index (κ1) is 17.5. The van der Waals surface area contributed by atoms with Crippen LogP contribution in [0.3, 0.4) is 0 Å². The van der Waals surface area contributed by atoms with Crippen LogP contribution in [0.15, 0.2) is 48.5 Å². The van der Waals surface area contributed by atoms with E-state index < -0.39 is 4.92 Å². The highest BCUT2D eigenvalue weighted by Gasteiger charge is 2.21. The molecule has 2 aromatic rings. The van der Waals surface area contributed by atoms with Crippen molar-refractivity contribution >= 4 is 17.3 Å². The number of benzene rings is 2. The Balaban J connectivity index is 2.15. The smallest absolute Gasteiger partial charge is 0.276 e. The quantitative estimate of drug-likeness (QED) is 0.598. The maximum atomic E-state index is 12.6.